The van der Waals surface area contributed by atoms with Crippen LogP contribution in [0.1, 0.15) is 21.5 Å². The van der Waals surface area contributed by atoms with Gasteiger partial charge < -0.3 is 14.8 Å². The Morgan fingerprint density at radius 2 is 1.61 bits per heavy atom. The van der Waals surface area contributed by atoms with Gasteiger partial charge in [-0.25, -0.2) is 4.79 Å². The summed E-state index contributed by atoms with van der Waals surface area (Å²) in [7, 11) is 1.31. The van der Waals surface area contributed by atoms with Crippen molar-refractivity contribution < 1.29 is 19.1 Å². The smallest absolute Gasteiger partial charge is 0.328 e. The maximum atomic E-state index is 13.0. The minimum absolute atomic E-state index is 0.292. The Kier molecular flexibility index (Phi) is 6.95. The zero-order valence-corrected chi connectivity index (χ0v) is 18.2. The summed E-state index contributed by atoms with van der Waals surface area (Å²) in [5, 5.41) is 3.54. The van der Waals surface area contributed by atoms with Crippen molar-refractivity contribution in [3.63, 3.8) is 0 Å². The topological polar surface area (TPSA) is 77.5 Å². The van der Waals surface area contributed by atoms with Crippen LogP contribution in [0.2, 0.25) is 0 Å². The molecule has 0 fully saturated rings. The highest BCUT2D eigenvalue weighted by Crippen LogP contribution is 2.18. The molecule has 0 saturated heterocycles. The van der Waals surface area contributed by atoms with Crippen LogP contribution in [0.3, 0.4) is 0 Å². The molecule has 1 aromatic heterocycles. The fourth-order valence-corrected chi connectivity index (χ4v) is 3.56. The second kappa shape index (κ2) is 10.4. The zero-order chi connectivity index (χ0) is 23.0. The van der Waals surface area contributed by atoms with Gasteiger partial charge in [-0.05, 0) is 35.4 Å². The predicted molar refractivity (Wildman–Crippen MR) is 126 cm³/mol. The molecule has 0 spiro atoms. The Bertz CT molecular complexity index is 1230. The van der Waals surface area contributed by atoms with Crippen LogP contribution >= 0.6 is 0 Å². The lowest BCUT2D eigenvalue weighted by molar-refractivity contribution is -0.142. The molecule has 0 aliphatic rings. The number of esters is 1. The number of nitrogens with zero attached hydrogens (tertiary/aromatic N) is 1. The molecule has 1 N–H and O–H groups in total. The average molecular weight is 440 g/mol. The van der Waals surface area contributed by atoms with E-state index in [0.29, 0.717) is 24.1 Å². The molecule has 33 heavy (non-hydrogen) atoms. The van der Waals surface area contributed by atoms with Gasteiger partial charge in [0.05, 0.1) is 18.2 Å². The molecule has 0 saturated carbocycles. The maximum Gasteiger partial charge on any atom is 0.328 e. The number of hydrogen-bond acceptors (Lipinski definition) is 5. The van der Waals surface area contributed by atoms with Crippen LogP contribution in [0, 0.1) is 0 Å². The molecule has 0 bridgehead atoms. The first-order chi connectivity index (χ1) is 16.1. The van der Waals surface area contributed by atoms with Gasteiger partial charge in [-0.15, -0.1) is 0 Å². The van der Waals surface area contributed by atoms with Crippen molar-refractivity contribution in [3.05, 3.63) is 108 Å². The Labute approximate surface area is 192 Å². The number of nitrogens with one attached hydrogen (secondary N) is 1. The van der Waals surface area contributed by atoms with Crippen LogP contribution in [-0.4, -0.2) is 30.0 Å². The number of aromatic nitrogens is 1. The first-order valence-corrected chi connectivity index (χ1v) is 10.6. The van der Waals surface area contributed by atoms with Crippen molar-refractivity contribution in [3.8, 4) is 5.75 Å². The van der Waals surface area contributed by atoms with E-state index >= 15 is 0 Å². The van der Waals surface area contributed by atoms with E-state index in [9.17, 15) is 9.59 Å². The minimum atomic E-state index is -0.828. The van der Waals surface area contributed by atoms with Crippen LogP contribution in [-0.2, 0) is 22.6 Å². The second-order valence-corrected chi connectivity index (χ2v) is 7.55. The molecule has 6 nitrogen and oxygen atoms in total. The van der Waals surface area contributed by atoms with Gasteiger partial charge in [-0.3, -0.25) is 9.78 Å². The van der Waals surface area contributed by atoms with E-state index in [1.54, 1.807) is 12.3 Å². The van der Waals surface area contributed by atoms with Gasteiger partial charge in [0.15, 0.2) is 0 Å². The molecule has 3 aromatic carbocycles. The lowest BCUT2D eigenvalue weighted by atomic mass is 10.0. The molecule has 4 aromatic rings. The van der Waals surface area contributed by atoms with E-state index in [4.69, 9.17) is 9.47 Å². The summed E-state index contributed by atoms with van der Waals surface area (Å²) >= 11 is 0. The monoisotopic (exact) mass is 440 g/mol. The van der Waals surface area contributed by atoms with E-state index in [2.05, 4.69) is 10.3 Å². The third-order valence-corrected chi connectivity index (χ3v) is 5.30. The summed E-state index contributed by atoms with van der Waals surface area (Å²) in [6.45, 7) is 0.473. The van der Waals surface area contributed by atoms with Crippen LogP contribution < -0.4 is 10.1 Å². The number of hydrogen-bond donors (Lipinski definition) is 1. The van der Waals surface area contributed by atoms with Crippen molar-refractivity contribution in [1.82, 2.24) is 10.3 Å². The number of benzene rings is 3. The Hall–Kier alpha value is -4.19. The van der Waals surface area contributed by atoms with Gasteiger partial charge in [0.25, 0.3) is 5.91 Å². The fourth-order valence-electron chi connectivity index (χ4n) is 3.56. The highest BCUT2D eigenvalue weighted by molar-refractivity contribution is 6.07. The van der Waals surface area contributed by atoms with Crippen molar-refractivity contribution in [2.24, 2.45) is 0 Å². The number of fused-ring (bicyclic) bond motifs is 1. The molecule has 0 aliphatic heterocycles. The van der Waals surface area contributed by atoms with E-state index in [1.165, 1.54) is 7.11 Å². The Morgan fingerprint density at radius 1 is 0.879 bits per heavy atom. The molecule has 1 atom stereocenters. The number of ether oxygens (including phenoxy) is 2. The summed E-state index contributed by atoms with van der Waals surface area (Å²) < 4.78 is 10.7. The highest BCUT2D eigenvalue weighted by Gasteiger charge is 2.23. The maximum absolute atomic E-state index is 13.0. The quantitative estimate of drug-likeness (QED) is 0.413. The molecule has 4 rings (SSSR count). The number of rotatable bonds is 8. The standard InChI is InChI=1S/C27H24N2O4/c1-32-27(31)25(29-26(30)23-15-16-28-24-10-6-5-9-22(23)24)17-19-11-13-21(14-12-19)33-18-20-7-3-2-4-8-20/h2-16,25H,17-18H2,1H3,(H,29,30)/t25-/m0/s1. The van der Waals surface area contributed by atoms with Gasteiger partial charge in [0.1, 0.15) is 18.4 Å². The van der Waals surface area contributed by atoms with E-state index in [-0.39, 0.29) is 5.91 Å². The first kappa shape index (κ1) is 22.0. The number of para-hydroxylation sites is 1. The number of carbonyl (C=O) groups is 2. The summed E-state index contributed by atoms with van der Waals surface area (Å²) in [5.74, 6) is -0.137. The summed E-state index contributed by atoms with van der Waals surface area (Å²) in [6.07, 6.45) is 1.87. The highest BCUT2D eigenvalue weighted by atomic mass is 16.5. The molecule has 166 valence electrons. The predicted octanol–water partition coefficient (Wildman–Crippen LogP) is 4.33. The molecule has 1 amide bonds. The Balaban J connectivity index is 1.44. The van der Waals surface area contributed by atoms with E-state index in [0.717, 1.165) is 22.3 Å². The SMILES string of the molecule is COC(=O)[C@H](Cc1ccc(OCc2ccccc2)cc1)NC(=O)c1ccnc2ccccc12. The largest absolute Gasteiger partial charge is 0.489 e. The average Bonchev–Trinajstić information content (AvgIpc) is 2.87. The van der Waals surface area contributed by atoms with Gasteiger partial charge in [0, 0.05) is 18.0 Å². The Morgan fingerprint density at radius 3 is 2.36 bits per heavy atom. The van der Waals surface area contributed by atoms with Crippen LogP contribution in [0.15, 0.2) is 91.1 Å². The molecule has 6 heteroatoms. The summed E-state index contributed by atoms with van der Waals surface area (Å²) in [4.78, 5) is 29.7. The lowest BCUT2D eigenvalue weighted by Crippen LogP contribution is -2.43. The molecule has 1 heterocycles. The molecule has 0 radical (unpaired) electrons. The number of carbonyl (C=O) groups excluding carboxylic acids is 2. The van der Waals surface area contributed by atoms with E-state index in [1.807, 2.05) is 78.9 Å². The minimum Gasteiger partial charge on any atom is -0.489 e. The lowest BCUT2D eigenvalue weighted by Gasteiger charge is -2.17. The molecule has 0 unspecified atom stereocenters. The van der Waals surface area contributed by atoms with Gasteiger partial charge in [-0.2, -0.15) is 0 Å². The summed E-state index contributed by atoms with van der Waals surface area (Å²) in [5.41, 5.74) is 3.13. The van der Waals surface area contributed by atoms with Crippen molar-refractivity contribution in [1.29, 1.82) is 0 Å². The summed E-state index contributed by atoms with van der Waals surface area (Å²) in [6, 6.07) is 25.6. The van der Waals surface area contributed by atoms with Crippen LogP contribution in [0.25, 0.3) is 10.9 Å². The number of amides is 1. The van der Waals surface area contributed by atoms with E-state index < -0.39 is 12.0 Å². The van der Waals surface area contributed by atoms with Crippen molar-refractivity contribution in [2.45, 2.75) is 19.1 Å². The number of methoxy groups -OCH3 is 1. The first-order valence-electron chi connectivity index (χ1n) is 10.6. The normalized spacial score (nSPS) is 11.5. The van der Waals surface area contributed by atoms with Crippen molar-refractivity contribution in [2.75, 3.05) is 7.11 Å². The second-order valence-electron chi connectivity index (χ2n) is 7.55. The van der Waals surface area contributed by atoms with Crippen LogP contribution in [0.5, 0.6) is 5.75 Å². The number of pyridine rings is 1. The third kappa shape index (κ3) is 5.54. The van der Waals surface area contributed by atoms with Gasteiger partial charge in [-0.1, -0.05) is 60.7 Å². The fraction of sp³-hybridized carbons (Fsp3) is 0.148. The van der Waals surface area contributed by atoms with Gasteiger partial charge >= 0.3 is 5.97 Å². The van der Waals surface area contributed by atoms with Crippen LogP contribution in [0.4, 0.5) is 0 Å². The molecular weight excluding hydrogens is 416 g/mol. The molecular formula is C27H24N2O4. The van der Waals surface area contributed by atoms with Gasteiger partial charge in [0.2, 0.25) is 0 Å². The third-order valence-electron chi connectivity index (χ3n) is 5.30. The van der Waals surface area contributed by atoms with Crippen molar-refractivity contribution >= 4 is 22.8 Å². The zero-order valence-electron chi connectivity index (χ0n) is 18.2. The molecule has 0 aliphatic carbocycles.